The number of amides is 1. The van der Waals surface area contributed by atoms with Crippen LogP contribution in [-0.2, 0) is 6.54 Å². The zero-order valence-electron chi connectivity index (χ0n) is 19.3. The molecule has 4 aromatic rings. The van der Waals surface area contributed by atoms with Crippen molar-refractivity contribution < 1.29 is 14.3 Å². The number of aryl methyl sites for hydroxylation is 1. The molecule has 4 heterocycles. The highest BCUT2D eigenvalue weighted by molar-refractivity contribution is 7.15. The van der Waals surface area contributed by atoms with E-state index in [9.17, 15) is 9.59 Å². The van der Waals surface area contributed by atoms with Gasteiger partial charge in [0.15, 0.2) is 16.5 Å². The lowest BCUT2D eigenvalue weighted by Crippen LogP contribution is -2.49. The first kappa shape index (κ1) is 21.8. The Morgan fingerprint density at radius 2 is 1.80 bits per heavy atom. The molecule has 9 heteroatoms. The van der Waals surface area contributed by atoms with E-state index in [0.717, 1.165) is 53.5 Å². The molecule has 2 aromatic heterocycles. The van der Waals surface area contributed by atoms with Gasteiger partial charge in [-0.3, -0.25) is 18.9 Å². The summed E-state index contributed by atoms with van der Waals surface area (Å²) in [6.07, 6.45) is 1.43. The summed E-state index contributed by atoms with van der Waals surface area (Å²) < 4.78 is 12.4. The third kappa shape index (κ3) is 4.06. The van der Waals surface area contributed by atoms with E-state index in [1.807, 2.05) is 54.8 Å². The number of carbonyl (C=O) groups is 1. The number of hydrogen-bond donors (Lipinski definition) is 0. The number of ether oxygens (including phenoxy) is 2. The van der Waals surface area contributed by atoms with E-state index in [4.69, 9.17) is 9.47 Å². The van der Waals surface area contributed by atoms with Crippen LogP contribution >= 0.6 is 11.3 Å². The van der Waals surface area contributed by atoms with Gasteiger partial charge in [0.25, 0.3) is 11.5 Å². The van der Waals surface area contributed by atoms with Crippen molar-refractivity contribution in [2.45, 2.75) is 13.5 Å². The summed E-state index contributed by atoms with van der Waals surface area (Å²) in [7, 11) is 0. The highest BCUT2D eigenvalue weighted by Crippen LogP contribution is 2.33. The monoisotopic (exact) mass is 488 g/mol. The van der Waals surface area contributed by atoms with E-state index < -0.39 is 0 Å². The molecule has 8 nitrogen and oxygen atoms in total. The topological polar surface area (TPSA) is 76.4 Å². The van der Waals surface area contributed by atoms with Gasteiger partial charge < -0.3 is 14.4 Å². The van der Waals surface area contributed by atoms with Crippen LogP contribution in [0, 0.1) is 6.92 Å². The minimum atomic E-state index is -0.320. The molecule has 2 aromatic carbocycles. The van der Waals surface area contributed by atoms with Crippen LogP contribution in [0.2, 0.25) is 0 Å². The second-order valence-electron chi connectivity index (χ2n) is 8.84. The summed E-state index contributed by atoms with van der Waals surface area (Å²) >= 11 is 1.40. The Bertz CT molecular complexity index is 1470. The van der Waals surface area contributed by atoms with Crippen LogP contribution in [0.4, 0.5) is 0 Å². The summed E-state index contributed by atoms with van der Waals surface area (Å²) in [5, 5.41) is 1.91. The van der Waals surface area contributed by atoms with E-state index in [-0.39, 0.29) is 23.8 Å². The van der Waals surface area contributed by atoms with Gasteiger partial charge in [-0.15, -0.1) is 11.3 Å². The van der Waals surface area contributed by atoms with Crippen molar-refractivity contribution >= 4 is 22.2 Å². The van der Waals surface area contributed by atoms with Gasteiger partial charge in [-0.2, -0.15) is 0 Å². The lowest BCUT2D eigenvalue weighted by atomic mass is 10.1. The lowest BCUT2D eigenvalue weighted by molar-refractivity contribution is 0.0626. The zero-order valence-corrected chi connectivity index (χ0v) is 20.1. The molecule has 1 fully saturated rings. The van der Waals surface area contributed by atoms with Crippen LogP contribution in [0.3, 0.4) is 0 Å². The Hall–Kier alpha value is -3.69. The van der Waals surface area contributed by atoms with Crippen molar-refractivity contribution in [3.8, 4) is 22.8 Å². The normalized spacial score (nSPS) is 15.6. The predicted molar refractivity (Wildman–Crippen MR) is 133 cm³/mol. The average Bonchev–Trinajstić information content (AvgIpc) is 3.52. The first-order valence-electron chi connectivity index (χ1n) is 11.5. The standard InChI is InChI=1S/C26H24N4O4S/c1-17-2-5-19(6-3-17)21-15-35-26-27-13-20(25(32)30(21)26)24(31)29-10-8-28(9-11-29)14-18-4-7-22-23(12-18)34-16-33-22/h2-7,12-13,15H,8-11,14,16H2,1H3. The molecular weight excluding hydrogens is 464 g/mol. The molecule has 0 radical (unpaired) electrons. The maximum Gasteiger partial charge on any atom is 0.271 e. The number of thiazole rings is 1. The molecular formula is C26H24N4O4S. The second kappa shape index (κ2) is 8.83. The molecule has 0 aliphatic carbocycles. The molecule has 0 unspecified atom stereocenters. The number of rotatable bonds is 4. The fourth-order valence-electron chi connectivity index (χ4n) is 4.54. The van der Waals surface area contributed by atoms with Crippen molar-refractivity contribution in [3.63, 3.8) is 0 Å². The molecule has 0 spiro atoms. The van der Waals surface area contributed by atoms with Crippen LogP contribution in [0.15, 0.2) is 58.8 Å². The molecule has 178 valence electrons. The predicted octanol–water partition coefficient (Wildman–Crippen LogP) is 3.42. The Morgan fingerprint density at radius 3 is 2.60 bits per heavy atom. The molecule has 0 N–H and O–H groups in total. The lowest BCUT2D eigenvalue weighted by Gasteiger charge is -2.34. The number of aromatic nitrogens is 2. The fourth-order valence-corrected chi connectivity index (χ4v) is 5.40. The molecule has 0 bridgehead atoms. The summed E-state index contributed by atoms with van der Waals surface area (Å²) in [5.74, 6) is 1.29. The Kier molecular flexibility index (Phi) is 5.50. The maximum absolute atomic E-state index is 13.4. The molecule has 0 saturated carbocycles. The zero-order chi connectivity index (χ0) is 23.9. The smallest absolute Gasteiger partial charge is 0.271 e. The summed E-state index contributed by atoms with van der Waals surface area (Å²) in [6.45, 7) is 5.62. The summed E-state index contributed by atoms with van der Waals surface area (Å²) in [5.41, 5.74) is 3.76. The van der Waals surface area contributed by atoms with Crippen LogP contribution in [0.25, 0.3) is 16.2 Å². The van der Waals surface area contributed by atoms with Gasteiger partial charge >= 0.3 is 0 Å². The summed E-state index contributed by atoms with van der Waals surface area (Å²) in [6, 6.07) is 14.0. The van der Waals surface area contributed by atoms with E-state index >= 15 is 0 Å². The van der Waals surface area contributed by atoms with E-state index in [1.165, 1.54) is 17.5 Å². The van der Waals surface area contributed by atoms with Crippen molar-refractivity contribution in [2.24, 2.45) is 0 Å². The van der Waals surface area contributed by atoms with E-state index in [0.29, 0.717) is 18.1 Å². The third-order valence-corrected chi connectivity index (χ3v) is 7.37. The molecule has 0 atom stereocenters. The number of fused-ring (bicyclic) bond motifs is 2. The van der Waals surface area contributed by atoms with Gasteiger partial charge in [-0.1, -0.05) is 35.9 Å². The van der Waals surface area contributed by atoms with Gasteiger partial charge in [-0.25, -0.2) is 4.98 Å². The quantitative estimate of drug-likeness (QED) is 0.438. The van der Waals surface area contributed by atoms with Crippen molar-refractivity contribution in [1.82, 2.24) is 19.2 Å². The number of benzene rings is 2. The van der Waals surface area contributed by atoms with Crippen LogP contribution in [0.5, 0.6) is 11.5 Å². The summed E-state index contributed by atoms with van der Waals surface area (Å²) in [4.78, 5) is 35.7. The van der Waals surface area contributed by atoms with Crippen LogP contribution in [-0.4, -0.2) is 58.1 Å². The van der Waals surface area contributed by atoms with E-state index in [2.05, 4.69) is 9.88 Å². The van der Waals surface area contributed by atoms with Crippen molar-refractivity contribution in [1.29, 1.82) is 0 Å². The number of nitrogens with zero attached hydrogens (tertiary/aromatic N) is 4. The highest BCUT2D eigenvalue weighted by Gasteiger charge is 2.26. The van der Waals surface area contributed by atoms with Gasteiger partial charge in [0.1, 0.15) is 5.56 Å². The van der Waals surface area contributed by atoms with Crippen molar-refractivity contribution in [3.05, 3.63) is 81.1 Å². The molecule has 2 aliphatic heterocycles. The number of carbonyl (C=O) groups excluding carboxylic acids is 1. The average molecular weight is 489 g/mol. The largest absolute Gasteiger partial charge is 0.454 e. The molecule has 2 aliphatic rings. The Balaban J connectivity index is 1.18. The minimum absolute atomic E-state index is 0.110. The third-order valence-electron chi connectivity index (χ3n) is 6.53. The molecule has 1 amide bonds. The first-order chi connectivity index (χ1) is 17.1. The number of hydrogen-bond acceptors (Lipinski definition) is 7. The Labute approximate surface area is 206 Å². The van der Waals surface area contributed by atoms with Gasteiger partial charge in [0, 0.05) is 44.3 Å². The molecule has 1 saturated heterocycles. The Morgan fingerprint density at radius 1 is 1.03 bits per heavy atom. The first-order valence-corrected chi connectivity index (χ1v) is 12.4. The van der Waals surface area contributed by atoms with Gasteiger partial charge in [-0.05, 0) is 30.2 Å². The highest BCUT2D eigenvalue weighted by atomic mass is 32.1. The van der Waals surface area contributed by atoms with E-state index in [1.54, 1.807) is 9.30 Å². The van der Waals surface area contributed by atoms with Crippen molar-refractivity contribution in [2.75, 3.05) is 33.0 Å². The van der Waals surface area contributed by atoms with Crippen LogP contribution < -0.4 is 15.0 Å². The molecule has 6 rings (SSSR count). The minimum Gasteiger partial charge on any atom is -0.454 e. The SMILES string of the molecule is Cc1ccc(-c2csc3ncc(C(=O)N4CCN(Cc5ccc6c(c5)OCO6)CC4)c(=O)n23)cc1. The van der Waals surface area contributed by atoms with Crippen LogP contribution in [0.1, 0.15) is 21.5 Å². The maximum atomic E-state index is 13.4. The fraction of sp³-hybridized carbons (Fsp3) is 0.269. The number of piperazine rings is 1. The molecule has 35 heavy (non-hydrogen) atoms. The van der Waals surface area contributed by atoms with Gasteiger partial charge in [0.2, 0.25) is 6.79 Å². The second-order valence-corrected chi connectivity index (χ2v) is 9.67. The van der Waals surface area contributed by atoms with Gasteiger partial charge in [0.05, 0.1) is 5.69 Å².